The van der Waals surface area contributed by atoms with E-state index in [9.17, 15) is 4.79 Å². The van der Waals surface area contributed by atoms with E-state index in [0.717, 1.165) is 0 Å². The lowest BCUT2D eigenvalue weighted by Crippen LogP contribution is -2.39. The maximum Gasteiger partial charge on any atom is 0.242 e. The smallest absolute Gasteiger partial charge is 0.242 e. The number of nitrogens with zero attached hydrogens (tertiary/aromatic N) is 2. The van der Waals surface area contributed by atoms with Gasteiger partial charge in [-0.15, -0.1) is 0 Å². The normalized spacial score (nSPS) is 11.7. The van der Waals surface area contributed by atoms with Crippen LogP contribution in [0.5, 0.6) is 0 Å². The zero-order chi connectivity index (χ0) is 13.4. The molecule has 0 fully saturated rings. The molecule has 1 rings (SSSR count). The van der Waals surface area contributed by atoms with E-state index in [4.69, 9.17) is 10.6 Å². The second kappa shape index (κ2) is 7.41. The van der Waals surface area contributed by atoms with Crippen LogP contribution in [0.1, 0.15) is 6.92 Å². The Bertz CT molecular complexity index is 386. The van der Waals surface area contributed by atoms with Crippen LogP contribution in [0.3, 0.4) is 0 Å². The number of nitrogens with two attached hydrogens (primary N) is 1. The summed E-state index contributed by atoms with van der Waals surface area (Å²) in [6.45, 7) is 2.69. The summed E-state index contributed by atoms with van der Waals surface area (Å²) in [6.07, 6.45) is 1.35. The number of hydrogen-bond donors (Lipinski definition) is 4. The monoisotopic (exact) mass is 254 g/mol. The first-order chi connectivity index (χ1) is 8.67. The zero-order valence-corrected chi connectivity index (χ0v) is 10.4. The minimum atomic E-state index is -0.414. The van der Waals surface area contributed by atoms with Crippen LogP contribution in [0.4, 0.5) is 11.6 Å². The molecule has 18 heavy (non-hydrogen) atoms. The predicted octanol–water partition coefficient (Wildman–Crippen LogP) is -0.675. The van der Waals surface area contributed by atoms with Crippen LogP contribution in [0.15, 0.2) is 12.4 Å². The first kappa shape index (κ1) is 14.1. The first-order valence-corrected chi connectivity index (χ1v) is 5.49. The van der Waals surface area contributed by atoms with Gasteiger partial charge in [-0.1, -0.05) is 0 Å². The lowest BCUT2D eigenvalue weighted by molar-refractivity contribution is -0.121. The highest BCUT2D eigenvalue weighted by Crippen LogP contribution is 2.08. The third-order valence-corrected chi connectivity index (χ3v) is 2.18. The van der Waals surface area contributed by atoms with Crippen molar-refractivity contribution < 1.29 is 9.53 Å². The second-order valence-corrected chi connectivity index (χ2v) is 3.58. The van der Waals surface area contributed by atoms with E-state index in [0.29, 0.717) is 24.8 Å². The first-order valence-electron chi connectivity index (χ1n) is 5.49. The number of nitrogen functional groups attached to an aromatic ring is 1. The zero-order valence-electron chi connectivity index (χ0n) is 10.4. The number of amides is 1. The molecule has 1 amide bonds. The van der Waals surface area contributed by atoms with Gasteiger partial charge in [0.2, 0.25) is 5.91 Å². The van der Waals surface area contributed by atoms with Crippen LogP contribution in [0.2, 0.25) is 0 Å². The molecule has 8 heteroatoms. The van der Waals surface area contributed by atoms with Gasteiger partial charge in [-0.25, -0.2) is 15.8 Å². The van der Waals surface area contributed by atoms with E-state index in [-0.39, 0.29) is 5.91 Å². The Labute approximate surface area is 105 Å². The van der Waals surface area contributed by atoms with Gasteiger partial charge < -0.3 is 20.8 Å². The molecule has 0 aliphatic rings. The van der Waals surface area contributed by atoms with Gasteiger partial charge in [-0.3, -0.25) is 4.79 Å². The Kier molecular flexibility index (Phi) is 5.81. The number of carbonyl (C=O) groups excluding carboxylic acids is 1. The fourth-order valence-electron chi connectivity index (χ4n) is 1.23. The Hall–Kier alpha value is -1.93. The lowest BCUT2D eigenvalue weighted by Gasteiger charge is -2.14. The molecule has 1 atom stereocenters. The number of rotatable bonds is 7. The third kappa shape index (κ3) is 4.52. The van der Waals surface area contributed by atoms with Gasteiger partial charge in [0.1, 0.15) is 24.0 Å². The lowest BCUT2D eigenvalue weighted by atomic mass is 10.3. The largest absolute Gasteiger partial charge is 0.383 e. The van der Waals surface area contributed by atoms with Crippen LogP contribution in [-0.2, 0) is 9.53 Å². The SMILES string of the molecule is COCCNC(=O)C(C)Nc1cc(NN)ncn1. The summed E-state index contributed by atoms with van der Waals surface area (Å²) in [5, 5.41) is 5.67. The van der Waals surface area contributed by atoms with Crippen molar-refractivity contribution in [2.75, 3.05) is 31.0 Å². The quantitative estimate of drug-likeness (QED) is 0.290. The summed E-state index contributed by atoms with van der Waals surface area (Å²) >= 11 is 0. The fourth-order valence-corrected chi connectivity index (χ4v) is 1.23. The highest BCUT2D eigenvalue weighted by atomic mass is 16.5. The van der Waals surface area contributed by atoms with Crippen molar-refractivity contribution in [3.8, 4) is 0 Å². The topological polar surface area (TPSA) is 114 Å². The molecular weight excluding hydrogens is 236 g/mol. The van der Waals surface area contributed by atoms with Crippen molar-refractivity contribution in [1.29, 1.82) is 0 Å². The van der Waals surface area contributed by atoms with E-state index < -0.39 is 6.04 Å². The number of nitrogens with one attached hydrogen (secondary N) is 3. The van der Waals surface area contributed by atoms with Crippen molar-refractivity contribution in [2.45, 2.75) is 13.0 Å². The van der Waals surface area contributed by atoms with Crippen LogP contribution in [-0.4, -0.2) is 42.2 Å². The molecule has 1 aromatic heterocycles. The van der Waals surface area contributed by atoms with Gasteiger partial charge in [-0.2, -0.15) is 0 Å². The molecule has 0 radical (unpaired) electrons. The molecule has 0 aliphatic carbocycles. The molecule has 5 N–H and O–H groups in total. The summed E-state index contributed by atoms with van der Waals surface area (Å²) in [7, 11) is 1.58. The highest BCUT2D eigenvalue weighted by molar-refractivity contribution is 5.83. The fraction of sp³-hybridized carbons (Fsp3) is 0.500. The molecule has 1 unspecified atom stereocenters. The molecule has 0 bridgehead atoms. The van der Waals surface area contributed by atoms with Crippen LogP contribution in [0.25, 0.3) is 0 Å². The Balaban J connectivity index is 2.47. The Morgan fingerprint density at radius 1 is 1.50 bits per heavy atom. The van der Waals surface area contributed by atoms with Crippen molar-refractivity contribution in [3.05, 3.63) is 12.4 Å². The van der Waals surface area contributed by atoms with E-state index in [1.54, 1.807) is 20.1 Å². The minimum Gasteiger partial charge on any atom is -0.383 e. The van der Waals surface area contributed by atoms with Crippen molar-refractivity contribution in [2.24, 2.45) is 5.84 Å². The van der Waals surface area contributed by atoms with Gasteiger partial charge in [0, 0.05) is 19.7 Å². The molecule has 0 aromatic carbocycles. The molecule has 0 aliphatic heterocycles. The maximum absolute atomic E-state index is 11.7. The predicted molar refractivity (Wildman–Crippen MR) is 67.8 cm³/mol. The Morgan fingerprint density at radius 3 is 2.89 bits per heavy atom. The highest BCUT2D eigenvalue weighted by Gasteiger charge is 2.12. The van der Waals surface area contributed by atoms with Gasteiger partial charge in [-0.05, 0) is 6.92 Å². The third-order valence-electron chi connectivity index (χ3n) is 2.18. The van der Waals surface area contributed by atoms with Crippen molar-refractivity contribution in [3.63, 3.8) is 0 Å². The number of hydrazine groups is 1. The molecular formula is C10H18N6O2. The Morgan fingerprint density at radius 2 is 2.22 bits per heavy atom. The average Bonchev–Trinajstić information content (AvgIpc) is 2.39. The number of ether oxygens (including phenoxy) is 1. The number of methoxy groups -OCH3 is 1. The van der Waals surface area contributed by atoms with Crippen molar-refractivity contribution >= 4 is 17.5 Å². The molecule has 100 valence electrons. The molecule has 0 spiro atoms. The van der Waals surface area contributed by atoms with E-state index in [2.05, 4.69) is 26.0 Å². The summed E-state index contributed by atoms with van der Waals surface area (Å²) in [5.41, 5.74) is 2.40. The minimum absolute atomic E-state index is 0.132. The average molecular weight is 254 g/mol. The summed E-state index contributed by atoms with van der Waals surface area (Å²) in [6, 6.07) is 1.20. The van der Waals surface area contributed by atoms with Gasteiger partial charge in [0.25, 0.3) is 0 Å². The van der Waals surface area contributed by atoms with Crippen LogP contribution in [0, 0.1) is 0 Å². The number of hydrogen-bond acceptors (Lipinski definition) is 7. The molecule has 8 nitrogen and oxygen atoms in total. The second-order valence-electron chi connectivity index (χ2n) is 3.58. The number of carbonyl (C=O) groups is 1. The van der Waals surface area contributed by atoms with Crippen LogP contribution < -0.4 is 21.9 Å². The molecule has 1 aromatic rings. The van der Waals surface area contributed by atoms with E-state index in [1.807, 2.05) is 0 Å². The maximum atomic E-state index is 11.7. The van der Waals surface area contributed by atoms with Crippen molar-refractivity contribution in [1.82, 2.24) is 15.3 Å². The standard InChI is InChI=1S/C10H18N6O2/c1-7(10(17)12-3-4-18-2)15-8-5-9(16-11)14-6-13-8/h5-7H,3-4,11H2,1-2H3,(H,12,17)(H2,13,14,15,16). The van der Waals surface area contributed by atoms with Gasteiger partial charge in [0.05, 0.1) is 6.61 Å². The molecule has 0 saturated heterocycles. The summed E-state index contributed by atoms with van der Waals surface area (Å²) in [4.78, 5) is 19.5. The van der Waals surface area contributed by atoms with E-state index in [1.165, 1.54) is 6.33 Å². The number of anilines is 2. The summed E-state index contributed by atoms with van der Waals surface area (Å²) < 4.78 is 4.84. The van der Waals surface area contributed by atoms with E-state index >= 15 is 0 Å². The van der Waals surface area contributed by atoms with Gasteiger partial charge in [0.15, 0.2) is 0 Å². The number of aromatic nitrogens is 2. The molecule has 1 heterocycles. The van der Waals surface area contributed by atoms with Crippen LogP contribution >= 0.6 is 0 Å². The summed E-state index contributed by atoms with van der Waals surface area (Å²) in [5.74, 6) is 6.09. The van der Waals surface area contributed by atoms with Gasteiger partial charge >= 0.3 is 0 Å². The molecule has 0 saturated carbocycles.